The van der Waals surface area contributed by atoms with Crippen molar-refractivity contribution in [2.45, 2.75) is 238 Å². The Balaban J connectivity index is 4.21. The SMILES string of the molecule is CCCCCCCCCC/C=C/CC/C=C/CC/C=C/C(O)C(COP(=O)(O)OCCN)NC(=O)CCCCCCCCCCCCCCCCCCCCC. The number of aliphatic hydroxyl groups excluding tert-OH is 1. The van der Waals surface area contributed by atoms with Gasteiger partial charge >= 0.3 is 7.82 Å². The lowest BCUT2D eigenvalue weighted by Crippen LogP contribution is -2.45. The molecule has 8 nitrogen and oxygen atoms in total. The fraction of sp³-hybridized carbons (Fsp3) is 0.851. The summed E-state index contributed by atoms with van der Waals surface area (Å²) in [6.07, 6.45) is 52.0. The van der Waals surface area contributed by atoms with Crippen molar-refractivity contribution in [1.29, 1.82) is 0 Å². The standard InChI is InChI=1S/C47H91N2O6P/c1-3-5-7-9-11-13-15-17-19-21-23-25-27-29-31-33-35-37-39-41-47(51)49-45(44-55-56(52,53)54-43-42-48)46(50)40-38-36-34-32-30-28-26-24-22-20-18-16-14-12-10-8-6-4-2/h22,24,30,32,38,40,45-46,50H,3-21,23,25-29,31,33-37,39,41-44,48H2,1-2H3,(H,49,51)(H,52,53)/b24-22+,32-30+,40-38+. The average Bonchev–Trinajstić information content (AvgIpc) is 3.19. The van der Waals surface area contributed by atoms with Crippen molar-refractivity contribution in [3.63, 3.8) is 0 Å². The van der Waals surface area contributed by atoms with E-state index < -0.39 is 20.0 Å². The van der Waals surface area contributed by atoms with Gasteiger partial charge < -0.3 is 21.1 Å². The Morgan fingerprint density at radius 3 is 1.38 bits per heavy atom. The van der Waals surface area contributed by atoms with Crippen LogP contribution in [-0.2, 0) is 18.4 Å². The molecular weight excluding hydrogens is 719 g/mol. The molecule has 56 heavy (non-hydrogen) atoms. The maximum atomic E-state index is 12.8. The Labute approximate surface area is 346 Å². The van der Waals surface area contributed by atoms with E-state index in [2.05, 4.69) is 43.5 Å². The number of allylic oxidation sites excluding steroid dienone is 5. The number of nitrogens with two attached hydrogens (primary N) is 1. The molecule has 0 bridgehead atoms. The van der Waals surface area contributed by atoms with Crippen LogP contribution in [0, 0.1) is 0 Å². The molecule has 0 aliphatic heterocycles. The zero-order valence-corrected chi connectivity index (χ0v) is 37.5. The minimum atomic E-state index is -4.35. The third-order valence-corrected chi connectivity index (χ3v) is 11.4. The van der Waals surface area contributed by atoms with Gasteiger partial charge in [0.25, 0.3) is 0 Å². The van der Waals surface area contributed by atoms with E-state index >= 15 is 0 Å². The van der Waals surface area contributed by atoms with E-state index in [1.54, 1.807) is 6.08 Å². The van der Waals surface area contributed by atoms with Gasteiger partial charge in [-0.2, -0.15) is 0 Å². The molecule has 5 N–H and O–H groups in total. The van der Waals surface area contributed by atoms with Gasteiger partial charge in [0.15, 0.2) is 0 Å². The number of nitrogens with one attached hydrogen (secondary N) is 1. The van der Waals surface area contributed by atoms with Crippen LogP contribution in [0.2, 0.25) is 0 Å². The van der Waals surface area contributed by atoms with E-state index in [1.807, 2.05) is 6.08 Å². The smallest absolute Gasteiger partial charge is 0.387 e. The summed E-state index contributed by atoms with van der Waals surface area (Å²) in [5.74, 6) is -0.205. The van der Waals surface area contributed by atoms with Gasteiger partial charge in [0.05, 0.1) is 25.4 Å². The molecule has 0 saturated carbocycles. The van der Waals surface area contributed by atoms with Gasteiger partial charge in [0.1, 0.15) is 0 Å². The predicted molar refractivity (Wildman–Crippen MR) is 240 cm³/mol. The first-order chi connectivity index (χ1) is 27.4. The second-order valence-corrected chi connectivity index (χ2v) is 17.4. The van der Waals surface area contributed by atoms with Crippen LogP contribution in [0.5, 0.6) is 0 Å². The molecule has 0 aromatic rings. The van der Waals surface area contributed by atoms with Crippen LogP contribution in [-0.4, -0.2) is 47.8 Å². The molecule has 0 rings (SSSR count). The number of hydrogen-bond acceptors (Lipinski definition) is 6. The maximum Gasteiger partial charge on any atom is 0.472 e. The molecular formula is C47H91N2O6P. The molecule has 0 aliphatic carbocycles. The monoisotopic (exact) mass is 811 g/mol. The molecule has 0 aliphatic rings. The van der Waals surface area contributed by atoms with Gasteiger partial charge in [0.2, 0.25) is 5.91 Å². The summed E-state index contributed by atoms with van der Waals surface area (Å²) in [4.78, 5) is 22.7. The zero-order valence-electron chi connectivity index (χ0n) is 36.6. The van der Waals surface area contributed by atoms with Gasteiger partial charge in [-0.1, -0.05) is 211 Å². The van der Waals surface area contributed by atoms with Crippen molar-refractivity contribution < 1.29 is 28.4 Å². The number of amides is 1. The van der Waals surface area contributed by atoms with Crippen molar-refractivity contribution >= 4 is 13.7 Å². The number of phosphoric ester groups is 1. The molecule has 0 aromatic heterocycles. The Bertz CT molecular complexity index is 974. The van der Waals surface area contributed by atoms with Gasteiger partial charge in [-0.15, -0.1) is 0 Å². The Hall–Kier alpha value is -1.28. The van der Waals surface area contributed by atoms with E-state index in [0.29, 0.717) is 6.42 Å². The molecule has 0 fully saturated rings. The van der Waals surface area contributed by atoms with Crippen molar-refractivity contribution in [2.75, 3.05) is 19.8 Å². The fourth-order valence-corrected chi connectivity index (χ4v) is 7.63. The van der Waals surface area contributed by atoms with E-state index in [0.717, 1.165) is 44.9 Å². The Morgan fingerprint density at radius 1 is 0.571 bits per heavy atom. The minimum absolute atomic E-state index is 0.0728. The summed E-state index contributed by atoms with van der Waals surface area (Å²) in [6, 6.07) is -0.880. The van der Waals surface area contributed by atoms with E-state index in [-0.39, 0.29) is 25.7 Å². The summed E-state index contributed by atoms with van der Waals surface area (Å²) in [7, 11) is -4.35. The molecule has 3 atom stereocenters. The lowest BCUT2D eigenvalue weighted by Gasteiger charge is -2.23. The summed E-state index contributed by atoms with van der Waals surface area (Å²) < 4.78 is 22.1. The van der Waals surface area contributed by atoms with E-state index in [1.165, 1.54) is 161 Å². The number of unbranched alkanes of at least 4 members (excludes halogenated alkanes) is 28. The minimum Gasteiger partial charge on any atom is -0.387 e. The lowest BCUT2D eigenvalue weighted by molar-refractivity contribution is -0.123. The van der Waals surface area contributed by atoms with Crippen LogP contribution in [0.25, 0.3) is 0 Å². The first-order valence-electron chi connectivity index (χ1n) is 23.6. The lowest BCUT2D eigenvalue weighted by atomic mass is 10.0. The molecule has 1 amide bonds. The molecule has 0 saturated heterocycles. The number of carbonyl (C=O) groups excluding carboxylic acids is 1. The molecule has 0 heterocycles. The topological polar surface area (TPSA) is 131 Å². The summed E-state index contributed by atoms with van der Waals surface area (Å²) in [5, 5.41) is 13.7. The summed E-state index contributed by atoms with van der Waals surface area (Å²) in [6.45, 7) is 4.12. The molecule has 0 radical (unpaired) electrons. The number of hydrogen-bond donors (Lipinski definition) is 4. The third kappa shape index (κ3) is 40.9. The van der Waals surface area contributed by atoms with Crippen molar-refractivity contribution in [3.8, 4) is 0 Å². The normalized spacial score (nSPS) is 14.3. The fourth-order valence-electron chi connectivity index (χ4n) is 6.87. The Morgan fingerprint density at radius 2 is 0.946 bits per heavy atom. The van der Waals surface area contributed by atoms with Gasteiger partial charge in [-0.3, -0.25) is 13.8 Å². The van der Waals surface area contributed by atoms with Crippen LogP contribution in [0.3, 0.4) is 0 Å². The second-order valence-electron chi connectivity index (χ2n) is 16.0. The quantitative estimate of drug-likeness (QED) is 0.0274. The molecule has 9 heteroatoms. The highest BCUT2D eigenvalue weighted by molar-refractivity contribution is 7.47. The first-order valence-corrected chi connectivity index (χ1v) is 25.1. The van der Waals surface area contributed by atoms with Crippen molar-refractivity contribution in [3.05, 3.63) is 36.5 Å². The summed E-state index contributed by atoms with van der Waals surface area (Å²) in [5.41, 5.74) is 5.38. The average molecular weight is 811 g/mol. The second kappa shape index (κ2) is 43.3. The maximum absolute atomic E-state index is 12.8. The number of carbonyl (C=O) groups is 1. The molecule has 0 spiro atoms. The van der Waals surface area contributed by atoms with Crippen LogP contribution in [0.15, 0.2) is 36.5 Å². The van der Waals surface area contributed by atoms with Gasteiger partial charge in [0, 0.05) is 13.0 Å². The van der Waals surface area contributed by atoms with Crippen LogP contribution in [0.1, 0.15) is 226 Å². The highest BCUT2D eigenvalue weighted by Gasteiger charge is 2.26. The van der Waals surface area contributed by atoms with Gasteiger partial charge in [-0.25, -0.2) is 4.57 Å². The first kappa shape index (κ1) is 54.7. The number of phosphoric acid groups is 1. The zero-order chi connectivity index (χ0) is 41.1. The van der Waals surface area contributed by atoms with Gasteiger partial charge in [-0.05, 0) is 44.9 Å². The van der Waals surface area contributed by atoms with Crippen LogP contribution < -0.4 is 11.1 Å². The van der Waals surface area contributed by atoms with Crippen molar-refractivity contribution in [1.82, 2.24) is 5.32 Å². The predicted octanol–water partition coefficient (Wildman–Crippen LogP) is 13.5. The Kier molecular flexibility index (Phi) is 42.3. The molecule has 3 unspecified atom stereocenters. The molecule has 0 aromatic carbocycles. The largest absolute Gasteiger partial charge is 0.472 e. The highest BCUT2D eigenvalue weighted by atomic mass is 31.2. The number of aliphatic hydroxyl groups is 1. The van der Waals surface area contributed by atoms with E-state index in [4.69, 9.17) is 14.8 Å². The van der Waals surface area contributed by atoms with E-state index in [9.17, 15) is 19.4 Å². The number of rotatable bonds is 44. The summed E-state index contributed by atoms with van der Waals surface area (Å²) >= 11 is 0. The van der Waals surface area contributed by atoms with Crippen molar-refractivity contribution in [2.24, 2.45) is 5.73 Å². The third-order valence-electron chi connectivity index (χ3n) is 10.4. The van der Waals surface area contributed by atoms with Crippen LogP contribution >= 0.6 is 7.82 Å². The van der Waals surface area contributed by atoms with Crippen LogP contribution in [0.4, 0.5) is 0 Å². The highest BCUT2D eigenvalue weighted by Crippen LogP contribution is 2.43. The molecule has 330 valence electrons.